The molecular formula is C18H24N4O4. The number of methoxy groups -OCH3 is 3. The Bertz CT molecular complexity index is 709. The van der Waals surface area contributed by atoms with Crippen LogP contribution < -0.4 is 24.8 Å². The third-order valence-corrected chi connectivity index (χ3v) is 3.66. The molecule has 140 valence electrons. The smallest absolute Gasteiger partial charge is 0.276 e. The molecule has 0 saturated carbocycles. The Balaban J connectivity index is 2.11. The highest BCUT2D eigenvalue weighted by atomic mass is 16.5. The molecule has 8 nitrogen and oxygen atoms in total. The zero-order chi connectivity index (χ0) is 18.9. The summed E-state index contributed by atoms with van der Waals surface area (Å²) in [6.45, 7) is 2.94. The third-order valence-electron chi connectivity index (χ3n) is 3.66. The van der Waals surface area contributed by atoms with Gasteiger partial charge < -0.3 is 24.8 Å². The Kier molecular flexibility index (Phi) is 7.02. The van der Waals surface area contributed by atoms with E-state index >= 15 is 0 Å². The molecule has 1 heterocycles. The maximum Gasteiger partial charge on any atom is 0.276 e. The van der Waals surface area contributed by atoms with E-state index in [4.69, 9.17) is 14.2 Å². The number of hydrogen-bond donors (Lipinski definition) is 2. The van der Waals surface area contributed by atoms with Crippen LogP contribution >= 0.6 is 0 Å². The maximum atomic E-state index is 12.4. The van der Waals surface area contributed by atoms with Crippen LogP contribution in [0.4, 0.5) is 11.5 Å². The van der Waals surface area contributed by atoms with Gasteiger partial charge in [-0.15, -0.1) is 10.2 Å². The summed E-state index contributed by atoms with van der Waals surface area (Å²) in [5.74, 6) is 1.61. The summed E-state index contributed by atoms with van der Waals surface area (Å²) in [6, 6.07) is 6.64. The fourth-order valence-electron chi connectivity index (χ4n) is 2.29. The number of nitrogens with one attached hydrogen (secondary N) is 2. The van der Waals surface area contributed by atoms with Crippen molar-refractivity contribution in [2.75, 3.05) is 38.5 Å². The van der Waals surface area contributed by atoms with E-state index in [2.05, 4.69) is 27.8 Å². The van der Waals surface area contributed by atoms with Crippen molar-refractivity contribution in [3.63, 3.8) is 0 Å². The molecule has 0 aliphatic carbocycles. The van der Waals surface area contributed by atoms with Crippen LogP contribution in [0.3, 0.4) is 0 Å². The van der Waals surface area contributed by atoms with E-state index in [1.165, 1.54) is 21.3 Å². The van der Waals surface area contributed by atoms with Gasteiger partial charge in [-0.05, 0) is 18.6 Å². The predicted molar refractivity (Wildman–Crippen MR) is 99.5 cm³/mol. The predicted octanol–water partition coefficient (Wildman–Crippen LogP) is 2.97. The molecule has 0 aliphatic heterocycles. The van der Waals surface area contributed by atoms with Crippen LogP contribution in [0.5, 0.6) is 17.2 Å². The number of anilines is 2. The van der Waals surface area contributed by atoms with Crippen LogP contribution in [0.1, 0.15) is 30.3 Å². The maximum absolute atomic E-state index is 12.4. The van der Waals surface area contributed by atoms with Crippen LogP contribution in [0.2, 0.25) is 0 Å². The van der Waals surface area contributed by atoms with Crippen molar-refractivity contribution < 1.29 is 19.0 Å². The Labute approximate surface area is 152 Å². The molecule has 0 radical (unpaired) electrons. The minimum absolute atomic E-state index is 0.208. The number of rotatable bonds is 9. The quantitative estimate of drug-likeness (QED) is 0.664. The Morgan fingerprint density at radius 2 is 1.73 bits per heavy atom. The number of carbonyl (C=O) groups excluding carboxylic acids is 1. The summed E-state index contributed by atoms with van der Waals surface area (Å²) < 4.78 is 15.8. The Morgan fingerprint density at radius 3 is 2.23 bits per heavy atom. The Morgan fingerprint density at radius 1 is 1.04 bits per heavy atom. The van der Waals surface area contributed by atoms with Gasteiger partial charge in [-0.1, -0.05) is 13.3 Å². The summed E-state index contributed by atoms with van der Waals surface area (Å²) in [7, 11) is 4.54. The van der Waals surface area contributed by atoms with Gasteiger partial charge in [-0.2, -0.15) is 0 Å². The van der Waals surface area contributed by atoms with Gasteiger partial charge in [0.2, 0.25) is 5.75 Å². The van der Waals surface area contributed by atoms with Crippen LogP contribution in [0.25, 0.3) is 0 Å². The summed E-state index contributed by atoms with van der Waals surface area (Å²) >= 11 is 0. The van der Waals surface area contributed by atoms with Crippen molar-refractivity contribution in [1.82, 2.24) is 10.2 Å². The molecule has 1 amide bonds. The lowest BCUT2D eigenvalue weighted by molar-refractivity contribution is 0.102. The number of nitrogens with zero attached hydrogens (tertiary/aromatic N) is 2. The topological polar surface area (TPSA) is 94.6 Å². The summed E-state index contributed by atoms with van der Waals surface area (Å²) in [6.07, 6.45) is 2.14. The van der Waals surface area contributed by atoms with Crippen LogP contribution in [-0.4, -0.2) is 44.0 Å². The molecule has 2 aromatic rings. The van der Waals surface area contributed by atoms with Crippen molar-refractivity contribution in [3.8, 4) is 17.2 Å². The highest BCUT2D eigenvalue weighted by molar-refractivity contribution is 6.03. The lowest BCUT2D eigenvalue weighted by Gasteiger charge is -2.14. The molecule has 0 saturated heterocycles. The van der Waals surface area contributed by atoms with E-state index in [1.54, 1.807) is 24.3 Å². The van der Waals surface area contributed by atoms with E-state index in [0.717, 1.165) is 19.4 Å². The highest BCUT2D eigenvalue weighted by Crippen LogP contribution is 2.39. The second-order valence-electron chi connectivity index (χ2n) is 5.45. The number of ether oxygens (including phenoxy) is 3. The zero-order valence-corrected chi connectivity index (χ0v) is 15.5. The SMILES string of the molecule is CCCCNc1ccc(C(=O)Nc2cc(OC)c(OC)c(OC)c2)nn1. The molecule has 1 aromatic carbocycles. The molecule has 2 N–H and O–H groups in total. The largest absolute Gasteiger partial charge is 0.493 e. The second kappa shape index (κ2) is 9.45. The van der Waals surface area contributed by atoms with Crippen molar-refractivity contribution in [1.29, 1.82) is 0 Å². The van der Waals surface area contributed by atoms with E-state index < -0.39 is 0 Å². The van der Waals surface area contributed by atoms with Gasteiger partial charge in [0.05, 0.1) is 21.3 Å². The molecule has 0 atom stereocenters. The summed E-state index contributed by atoms with van der Waals surface area (Å²) in [5.41, 5.74) is 0.705. The van der Waals surface area contributed by atoms with E-state index in [9.17, 15) is 4.79 Å². The van der Waals surface area contributed by atoms with Gasteiger partial charge in [0, 0.05) is 24.4 Å². The first-order chi connectivity index (χ1) is 12.6. The number of amides is 1. The highest BCUT2D eigenvalue weighted by Gasteiger charge is 2.16. The van der Waals surface area contributed by atoms with E-state index in [-0.39, 0.29) is 11.6 Å². The minimum atomic E-state index is -0.383. The van der Waals surface area contributed by atoms with Crippen LogP contribution in [-0.2, 0) is 0 Å². The van der Waals surface area contributed by atoms with Crippen LogP contribution in [0, 0.1) is 0 Å². The lowest BCUT2D eigenvalue weighted by atomic mass is 10.2. The van der Waals surface area contributed by atoms with Crippen LogP contribution in [0.15, 0.2) is 24.3 Å². The van der Waals surface area contributed by atoms with Crippen molar-refractivity contribution in [2.24, 2.45) is 0 Å². The molecule has 1 aromatic heterocycles. The molecule has 26 heavy (non-hydrogen) atoms. The van der Waals surface area contributed by atoms with E-state index in [1.807, 2.05) is 0 Å². The monoisotopic (exact) mass is 360 g/mol. The van der Waals surface area contributed by atoms with Gasteiger partial charge >= 0.3 is 0 Å². The number of carbonyl (C=O) groups is 1. The van der Waals surface area contributed by atoms with Crippen molar-refractivity contribution >= 4 is 17.4 Å². The van der Waals surface area contributed by atoms with E-state index in [0.29, 0.717) is 28.8 Å². The Hall–Kier alpha value is -3.03. The number of aromatic nitrogens is 2. The fraction of sp³-hybridized carbons (Fsp3) is 0.389. The standard InChI is InChI=1S/C18H24N4O4/c1-5-6-9-19-16-8-7-13(21-22-16)18(23)20-12-10-14(24-2)17(26-4)15(11-12)25-3/h7-8,10-11H,5-6,9H2,1-4H3,(H,19,22)(H,20,23). The first kappa shape index (κ1) is 19.3. The van der Waals surface area contributed by atoms with Gasteiger partial charge in [-0.25, -0.2) is 0 Å². The molecular weight excluding hydrogens is 336 g/mol. The first-order valence-electron chi connectivity index (χ1n) is 8.31. The molecule has 0 aliphatic rings. The number of hydrogen-bond acceptors (Lipinski definition) is 7. The fourth-order valence-corrected chi connectivity index (χ4v) is 2.29. The van der Waals surface area contributed by atoms with Gasteiger partial charge in [0.25, 0.3) is 5.91 Å². The third kappa shape index (κ3) is 4.75. The second-order valence-corrected chi connectivity index (χ2v) is 5.45. The molecule has 8 heteroatoms. The summed E-state index contributed by atoms with van der Waals surface area (Å²) in [5, 5.41) is 13.9. The summed E-state index contributed by atoms with van der Waals surface area (Å²) in [4.78, 5) is 12.4. The molecule has 0 spiro atoms. The number of benzene rings is 1. The van der Waals surface area contributed by atoms with Crippen molar-refractivity contribution in [2.45, 2.75) is 19.8 Å². The molecule has 2 rings (SSSR count). The lowest BCUT2D eigenvalue weighted by Crippen LogP contribution is -2.15. The molecule has 0 unspecified atom stereocenters. The number of unbranched alkanes of at least 4 members (excludes halogenated alkanes) is 1. The zero-order valence-electron chi connectivity index (χ0n) is 15.5. The molecule has 0 fully saturated rings. The van der Waals surface area contributed by atoms with Gasteiger partial charge in [0.15, 0.2) is 17.2 Å². The minimum Gasteiger partial charge on any atom is -0.493 e. The average Bonchev–Trinajstić information content (AvgIpc) is 2.67. The van der Waals surface area contributed by atoms with Gasteiger partial charge in [-0.3, -0.25) is 4.79 Å². The first-order valence-corrected chi connectivity index (χ1v) is 8.31. The average molecular weight is 360 g/mol. The van der Waals surface area contributed by atoms with Crippen molar-refractivity contribution in [3.05, 3.63) is 30.0 Å². The van der Waals surface area contributed by atoms with Gasteiger partial charge in [0.1, 0.15) is 5.82 Å². The normalized spacial score (nSPS) is 10.2. The molecule has 0 bridgehead atoms.